The van der Waals surface area contributed by atoms with E-state index in [1.54, 1.807) is 12.1 Å². The number of aliphatic hydroxyl groups is 1. The van der Waals surface area contributed by atoms with Gasteiger partial charge >= 0.3 is 0 Å². The fraction of sp³-hybridized carbons (Fsp3) is 0.267. The van der Waals surface area contributed by atoms with Gasteiger partial charge in [0, 0.05) is 30.3 Å². The van der Waals surface area contributed by atoms with Gasteiger partial charge in [0.05, 0.1) is 18.3 Å². The maximum absolute atomic E-state index is 13.9. The molecule has 0 aliphatic heterocycles. The third-order valence-corrected chi connectivity index (χ3v) is 6.26. The molecule has 0 unspecified atom stereocenters. The lowest BCUT2D eigenvalue weighted by molar-refractivity contribution is 0.0830. The van der Waals surface area contributed by atoms with Crippen molar-refractivity contribution >= 4 is 18.3 Å². The Labute approximate surface area is 232 Å². The summed E-state index contributed by atoms with van der Waals surface area (Å²) in [6, 6.07) is 15.7. The molecule has 9 heteroatoms. The highest BCUT2D eigenvalue weighted by molar-refractivity contribution is 5.95. The summed E-state index contributed by atoms with van der Waals surface area (Å²) >= 11 is 0. The van der Waals surface area contributed by atoms with Crippen molar-refractivity contribution in [1.82, 2.24) is 15.6 Å². The van der Waals surface area contributed by atoms with Crippen LogP contribution in [-0.4, -0.2) is 34.7 Å². The van der Waals surface area contributed by atoms with E-state index in [2.05, 4.69) is 34.7 Å². The first-order valence-electron chi connectivity index (χ1n) is 12.5. The lowest BCUT2D eigenvalue weighted by atomic mass is 9.99. The summed E-state index contributed by atoms with van der Waals surface area (Å²) in [5, 5.41) is 17.1. The van der Waals surface area contributed by atoms with Crippen LogP contribution >= 0.6 is 12.4 Å². The van der Waals surface area contributed by atoms with Crippen LogP contribution in [-0.2, 0) is 19.4 Å². The largest absolute Gasteiger partial charge is 0.445 e. The number of carbonyl (C=O) groups is 1. The molecule has 1 heterocycles. The molecular weight excluding hydrogens is 524 g/mol. The van der Waals surface area contributed by atoms with Crippen LogP contribution in [0.4, 0.5) is 8.78 Å². The number of rotatable bonds is 11. The number of hydrogen-bond donors (Lipinski definition) is 3. The van der Waals surface area contributed by atoms with E-state index in [4.69, 9.17) is 4.42 Å². The number of aryl methyl sites for hydroxylation is 2. The predicted octanol–water partition coefficient (Wildman–Crippen LogP) is 5.40. The number of amides is 1. The maximum atomic E-state index is 13.9. The first-order chi connectivity index (χ1) is 18.3. The number of aliphatic hydroxyl groups excluding tert-OH is 1. The summed E-state index contributed by atoms with van der Waals surface area (Å²) < 4.78 is 33.1. The topological polar surface area (TPSA) is 87.4 Å². The molecule has 4 rings (SSSR count). The summed E-state index contributed by atoms with van der Waals surface area (Å²) in [6.45, 7) is 4.62. The summed E-state index contributed by atoms with van der Waals surface area (Å²) in [5.74, 6) is -1.49. The van der Waals surface area contributed by atoms with E-state index in [0.717, 1.165) is 23.6 Å². The molecule has 0 aliphatic carbocycles. The van der Waals surface area contributed by atoms with Gasteiger partial charge in [-0.15, -0.1) is 12.4 Å². The van der Waals surface area contributed by atoms with Gasteiger partial charge in [0.2, 0.25) is 5.89 Å². The number of nitrogens with zero attached hydrogens (tertiary/aromatic N) is 1. The van der Waals surface area contributed by atoms with E-state index >= 15 is 0 Å². The van der Waals surface area contributed by atoms with Gasteiger partial charge in [-0.1, -0.05) is 31.2 Å². The molecule has 0 spiro atoms. The van der Waals surface area contributed by atoms with Crippen molar-refractivity contribution < 1.29 is 23.1 Å². The van der Waals surface area contributed by atoms with E-state index in [9.17, 15) is 18.7 Å². The summed E-state index contributed by atoms with van der Waals surface area (Å²) in [5.41, 5.74) is 4.43. The van der Waals surface area contributed by atoms with Crippen molar-refractivity contribution in [2.24, 2.45) is 0 Å². The number of aromatic nitrogens is 1. The summed E-state index contributed by atoms with van der Waals surface area (Å²) in [4.78, 5) is 17.4. The van der Waals surface area contributed by atoms with Gasteiger partial charge in [-0.25, -0.2) is 13.8 Å². The van der Waals surface area contributed by atoms with Crippen LogP contribution in [0.3, 0.4) is 0 Å². The SMILES string of the molecule is CCc1cccc(CNC[C@@H](O)[C@H](Cc2cc(F)cc(F)c2)NC(=O)c2cc(C)cc(-c3ncco3)c2)c1.Cl. The molecule has 1 amide bonds. The Kier molecular flexibility index (Phi) is 10.7. The molecule has 206 valence electrons. The molecule has 0 fully saturated rings. The van der Waals surface area contributed by atoms with Gasteiger partial charge in [0.15, 0.2) is 0 Å². The minimum absolute atomic E-state index is 0. The number of oxazole rings is 1. The molecule has 2 atom stereocenters. The predicted molar refractivity (Wildman–Crippen MR) is 149 cm³/mol. The molecular formula is C30H32ClF2N3O3. The first kappa shape index (κ1) is 30.0. The van der Waals surface area contributed by atoms with Crippen molar-refractivity contribution in [2.75, 3.05) is 6.54 Å². The van der Waals surface area contributed by atoms with Crippen molar-refractivity contribution in [1.29, 1.82) is 0 Å². The fourth-order valence-corrected chi connectivity index (χ4v) is 4.39. The average molecular weight is 556 g/mol. The van der Waals surface area contributed by atoms with Gasteiger partial charge in [-0.2, -0.15) is 0 Å². The molecule has 39 heavy (non-hydrogen) atoms. The normalized spacial score (nSPS) is 12.4. The van der Waals surface area contributed by atoms with Gasteiger partial charge in [0.1, 0.15) is 17.9 Å². The van der Waals surface area contributed by atoms with Gasteiger partial charge in [-0.05, 0) is 72.4 Å². The number of hydrogen-bond acceptors (Lipinski definition) is 5. The van der Waals surface area contributed by atoms with Crippen molar-refractivity contribution in [3.8, 4) is 11.5 Å². The van der Waals surface area contributed by atoms with Crippen molar-refractivity contribution in [3.05, 3.63) is 113 Å². The van der Waals surface area contributed by atoms with E-state index in [-0.39, 0.29) is 25.4 Å². The van der Waals surface area contributed by atoms with Crippen LogP contribution in [0.1, 0.15) is 39.5 Å². The molecule has 4 aromatic rings. The maximum Gasteiger partial charge on any atom is 0.251 e. The number of halogens is 3. The molecule has 0 bridgehead atoms. The molecule has 0 saturated heterocycles. The van der Waals surface area contributed by atoms with Crippen molar-refractivity contribution in [2.45, 2.75) is 45.4 Å². The second-order valence-electron chi connectivity index (χ2n) is 9.36. The zero-order chi connectivity index (χ0) is 27.1. The Morgan fingerprint density at radius 2 is 1.77 bits per heavy atom. The standard InChI is InChI=1S/C30H31F2N3O3.ClH/c1-3-20-5-4-6-21(11-20)17-33-18-28(36)27(14-22-12-25(31)16-26(32)13-22)35-29(37)23-9-19(2)10-24(15-23)30-34-7-8-38-30;/h4-13,15-16,27-28,33,36H,3,14,17-18H2,1-2H3,(H,35,37);1H/t27-,28+;/m0./s1. The Morgan fingerprint density at radius 3 is 2.46 bits per heavy atom. The Bertz CT molecular complexity index is 1360. The first-order valence-corrected chi connectivity index (χ1v) is 12.5. The van der Waals surface area contributed by atoms with Crippen LogP contribution < -0.4 is 10.6 Å². The van der Waals surface area contributed by atoms with E-state index in [0.29, 0.717) is 29.1 Å². The highest BCUT2D eigenvalue weighted by atomic mass is 35.5. The van der Waals surface area contributed by atoms with Gasteiger partial charge in [0.25, 0.3) is 5.91 Å². The molecule has 1 aromatic heterocycles. The number of benzene rings is 3. The average Bonchev–Trinajstić information content (AvgIpc) is 3.43. The van der Waals surface area contributed by atoms with E-state index in [1.807, 2.05) is 25.1 Å². The minimum Gasteiger partial charge on any atom is -0.445 e. The lowest BCUT2D eigenvalue weighted by Gasteiger charge is -2.25. The lowest BCUT2D eigenvalue weighted by Crippen LogP contribution is -2.48. The fourth-order valence-electron chi connectivity index (χ4n) is 4.39. The third-order valence-electron chi connectivity index (χ3n) is 6.26. The highest BCUT2D eigenvalue weighted by Gasteiger charge is 2.23. The van der Waals surface area contributed by atoms with Crippen molar-refractivity contribution in [3.63, 3.8) is 0 Å². The van der Waals surface area contributed by atoms with Gasteiger partial charge in [-0.3, -0.25) is 4.79 Å². The minimum atomic E-state index is -1.03. The second-order valence-corrected chi connectivity index (χ2v) is 9.36. The molecule has 0 aliphatic rings. The third kappa shape index (κ3) is 8.45. The monoisotopic (exact) mass is 555 g/mol. The summed E-state index contributed by atoms with van der Waals surface area (Å²) in [7, 11) is 0. The zero-order valence-corrected chi connectivity index (χ0v) is 22.6. The van der Waals surface area contributed by atoms with Crippen LogP contribution in [0.2, 0.25) is 0 Å². The van der Waals surface area contributed by atoms with Crippen LogP contribution in [0.5, 0.6) is 0 Å². The Hall–Kier alpha value is -3.59. The zero-order valence-electron chi connectivity index (χ0n) is 21.8. The molecule has 3 aromatic carbocycles. The molecule has 6 nitrogen and oxygen atoms in total. The van der Waals surface area contributed by atoms with Crippen LogP contribution in [0, 0.1) is 18.6 Å². The van der Waals surface area contributed by atoms with Crippen LogP contribution in [0.25, 0.3) is 11.5 Å². The molecule has 0 radical (unpaired) electrons. The number of nitrogens with one attached hydrogen (secondary N) is 2. The Balaban J connectivity index is 0.00000420. The highest BCUT2D eigenvalue weighted by Crippen LogP contribution is 2.21. The van der Waals surface area contributed by atoms with Gasteiger partial charge < -0.3 is 20.2 Å². The Morgan fingerprint density at radius 1 is 1.03 bits per heavy atom. The van der Waals surface area contributed by atoms with E-state index < -0.39 is 29.7 Å². The molecule has 3 N–H and O–H groups in total. The smallest absolute Gasteiger partial charge is 0.251 e. The summed E-state index contributed by atoms with van der Waals surface area (Å²) in [6.07, 6.45) is 2.90. The second kappa shape index (κ2) is 14.0. The molecule has 0 saturated carbocycles. The van der Waals surface area contributed by atoms with E-state index in [1.165, 1.54) is 30.2 Å². The quantitative estimate of drug-likeness (QED) is 0.230. The van der Waals surface area contributed by atoms with Crippen LogP contribution in [0.15, 0.2) is 77.5 Å². The number of carbonyl (C=O) groups excluding carboxylic acids is 1.